The zero-order valence-corrected chi connectivity index (χ0v) is 20.8. The van der Waals surface area contributed by atoms with Gasteiger partial charge in [-0.3, -0.25) is 19.8 Å². The number of carbonyl (C=O) groups excluding carboxylic acids is 3. The molecular weight excluding hydrogens is 543 g/mol. The summed E-state index contributed by atoms with van der Waals surface area (Å²) in [7, 11) is 0. The molecule has 0 aliphatic carbocycles. The lowest BCUT2D eigenvalue weighted by atomic mass is 10.2. The smallest absolute Gasteiger partial charge is 0.321 e. The number of nitrogens with zero attached hydrogens (tertiary/aromatic N) is 1. The third-order valence-corrected chi connectivity index (χ3v) is 6.10. The highest BCUT2D eigenvalue weighted by molar-refractivity contribution is 9.10. The van der Waals surface area contributed by atoms with Gasteiger partial charge in [-0.25, -0.2) is 4.68 Å². The Kier molecular flexibility index (Phi) is 6.92. The molecule has 0 spiro atoms. The van der Waals surface area contributed by atoms with Gasteiger partial charge in [0.1, 0.15) is 5.69 Å². The Bertz CT molecular complexity index is 1430. The number of rotatable bonds is 4. The molecule has 0 bridgehead atoms. The second-order valence-corrected chi connectivity index (χ2v) is 9.15. The van der Waals surface area contributed by atoms with Crippen molar-refractivity contribution < 1.29 is 14.4 Å². The van der Waals surface area contributed by atoms with E-state index in [1.54, 1.807) is 66.7 Å². The zero-order chi connectivity index (χ0) is 24.4. The van der Waals surface area contributed by atoms with E-state index in [4.69, 9.17) is 23.2 Å². The minimum Gasteiger partial charge on any atom is -0.321 e. The Morgan fingerprint density at radius 1 is 0.824 bits per heavy atom. The van der Waals surface area contributed by atoms with Crippen molar-refractivity contribution in [3.8, 4) is 0 Å². The number of amides is 3. The summed E-state index contributed by atoms with van der Waals surface area (Å²) in [6.07, 6.45) is 0. The molecule has 3 aromatic carbocycles. The maximum Gasteiger partial charge on any atom is 0.328 e. The van der Waals surface area contributed by atoms with Crippen molar-refractivity contribution >= 4 is 79.1 Å². The van der Waals surface area contributed by atoms with Crippen molar-refractivity contribution in [2.24, 2.45) is 0 Å². The predicted molar refractivity (Wildman–Crippen MR) is 138 cm³/mol. The Morgan fingerprint density at radius 3 is 2.24 bits per heavy atom. The standard InChI is InChI=1S/C24H17BrCl2N4O3/c1-13-2-6-18(12-19(13)27)29-23(33)24(34)30-31-20-9-3-15(25)10-14(20)11-21(31)22(32)28-17-7-4-16(26)5-8-17/h2-12H,1H3,(H,28,32)(H,29,33)(H,30,34). The fourth-order valence-electron chi connectivity index (χ4n) is 3.21. The largest absolute Gasteiger partial charge is 0.328 e. The minimum atomic E-state index is -0.961. The van der Waals surface area contributed by atoms with Crippen LogP contribution in [0.5, 0.6) is 0 Å². The fourth-order valence-corrected chi connectivity index (χ4v) is 3.90. The summed E-state index contributed by atoms with van der Waals surface area (Å²) in [6.45, 7) is 1.83. The van der Waals surface area contributed by atoms with Gasteiger partial charge in [-0.05, 0) is 73.2 Å². The summed E-state index contributed by atoms with van der Waals surface area (Å²) >= 11 is 15.4. The molecule has 7 nitrogen and oxygen atoms in total. The van der Waals surface area contributed by atoms with Crippen LogP contribution in [0.25, 0.3) is 10.9 Å². The van der Waals surface area contributed by atoms with Crippen LogP contribution in [-0.4, -0.2) is 22.4 Å². The number of fused-ring (bicyclic) bond motifs is 1. The Balaban J connectivity index is 1.61. The lowest BCUT2D eigenvalue weighted by molar-refractivity contribution is -0.133. The van der Waals surface area contributed by atoms with E-state index in [2.05, 4.69) is 32.0 Å². The van der Waals surface area contributed by atoms with Crippen molar-refractivity contribution in [2.75, 3.05) is 16.1 Å². The topological polar surface area (TPSA) is 92.2 Å². The highest BCUT2D eigenvalue weighted by Gasteiger charge is 2.21. The number of aryl methyl sites for hydroxylation is 1. The molecule has 4 rings (SSSR count). The molecular formula is C24H17BrCl2N4O3. The molecule has 3 amide bonds. The van der Waals surface area contributed by atoms with Crippen molar-refractivity contribution in [3.63, 3.8) is 0 Å². The number of hydrogen-bond acceptors (Lipinski definition) is 3. The summed E-state index contributed by atoms with van der Waals surface area (Å²) in [5.41, 5.74) is 4.90. The highest BCUT2D eigenvalue weighted by atomic mass is 79.9. The molecule has 0 aliphatic heterocycles. The van der Waals surface area contributed by atoms with Crippen LogP contribution in [0.15, 0.2) is 71.2 Å². The highest BCUT2D eigenvalue weighted by Crippen LogP contribution is 2.24. The molecule has 172 valence electrons. The van der Waals surface area contributed by atoms with Crippen LogP contribution in [0.4, 0.5) is 11.4 Å². The number of nitrogens with one attached hydrogen (secondary N) is 3. The SMILES string of the molecule is Cc1ccc(NC(=O)C(=O)Nn2c(C(=O)Nc3ccc(Cl)cc3)cc3cc(Br)ccc32)cc1Cl. The average molecular weight is 560 g/mol. The Labute approximate surface area is 213 Å². The average Bonchev–Trinajstić information content (AvgIpc) is 3.15. The first-order valence-electron chi connectivity index (χ1n) is 9.97. The van der Waals surface area contributed by atoms with E-state index in [1.807, 2.05) is 6.92 Å². The predicted octanol–water partition coefficient (Wildman–Crippen LogP) is 5.98. The molecule has 1 aromatic heterocycles. The van der Waals surface area contributed by atoms with Crippen molar-refractivity contribution in [3.05, 3.63) is 92.5 Å². The van der Waals surface area contributed by atoms with E-state index < -0.39 is 17.7 Å². The monoisotopic (exact) mass is 558 g/mol. The van der Waals surface area contributed by atoms with E-state index in [1.165, 1.54) is 4.68 Å². The number of aromatic nitrogens is 1. The van der Waals surface area contributed by atoms with Gasteiger partial charge in [0.05, 0.1) is 5.52 Å². The maximum atomic E-state index is 13.0. The van der Waals surface area contributed by atoms with Gasteiger partial charge >= 0.3 is 11.8 Å². The van der Waals surface area contributed by atoms with Crippen LogP contribution in [-0.2, 0) is 9.59 Å². The normalized spacial score (nSPS) is 10.7. The lowest BCUT2D eigenvalue weighted by Gasteiger charge is -2.13. The number of carbonyl (C=O) groups is 3. The molecule has 0 atom stereocenters. The number of anilines is 2. The first-order valence-corrected chi connectivity index (χ1v) is 11.5. The number of benzene rings is 3. The maximum absolute atomic E-state index is 13.0. The second kappa shape index (κ2) is 9.89. The van der Waals surface area contributed by atoms with Crippen molar-refractivity contribution in [1.29, 1.82) is 0 Å². The lowest BCUT2D eigenvalue weighted by Crippen LogP contribution is -2.36. The summed E-state index contributed by atoms with van der Waals surface area (Å²) in [4.78, 5) is 38.3. The van der Waals surface area contributed by atoms with Crippen LogP contribution in [0.2, 0.25) is 10.0 Å². The molecule has 34 heavy (non-hydrogen) atoms. The number of hydrogen-bond donors (Lipinski definition) is 3. The molecule has 3 N–H and O–H groups in total. The van der Waals surface area contributed by atoms with E-state index >= 15 is 0 Å². The van der Waals surface area contributed by atoms with Crippen molar-refractivity contribution in [2.45, 2.75) is 6.92 Å². The van der Waals surface area contributed by atoms with E-state index in [9.17, 15) is 14.4 Å². The minimum absolute atomic E-state index is 0.127. The molecule has 0 saturated carbocycles. The second-order valence-electron chi connectivity index (χ2n) is 7.39. The van der Waals surface area contributed by atoms with E-state index in [0.717, 1.165) is 10.0 Å². The van der Waals surface area contributed by atoms with Gasteiger partial charge < -0.3 is 10.6 Å². The van der Waals surface area contributed by atoms with Crippen molar-refractivity contribution in [1.82, 2.24) is 4.68 Å². The van der Waals surface area contributed by atoms with Gasteiger partial charge in [0.15, 0.2) is 0 Å². The summed E-state index contributed by atoms with van der Waals surface area (Å²) in [5.74, 6) is -2.36. The Morgan fingerprint density at radius 2 is 1.53 bits per heavy atom. The van der Waals surface area contributed by atoms with Gasteiger partial charge in [0.25, 0.3) is 5.91 Å². The van der Waals surface area contributed by atoms with Gasteiger partial charge in [0, 0.05) is 31.3 Å². The molecule has 0 saturated heterocycles. The third kappa shape index (κ3) is 5.25. The van der Waals surface area contributed by atoms with Gasteiger partial charge in [-0.2, -0.15) is 0 Å². The molecule has 1 heterocycles. The molecule has 10 heteroatoms. The number of halogens is 3. The summed E-state index contributed by atoms with van der Waals surface area (Å²) < 4.78 is 2.07. The Hall–Kier alpha value is -3.33. The van der Waals surface area contributed by atoms with Gasteiger partial charge in [0.2, 0.25) is 0 Å². The fraction of sp³-hybridized carbons (Fsp3) is 0.0417. The molecule has 0 radical (unpaired) electrons. The van der Waals surface area contributed by atoms with Gasteiger partial charge in [-0.15, -0.1) is 0 Å². The third-order valence-electron chi connectivity index (χ3n) is 4.95. The quantitative estimate of drug-likeness (QED) is 0.268. The van der Waals surface area contributed by atoms with Crippen LogP contribution < -0.4 is 16.1 Å². The van der Waals surface area contributed by atoms with Gasteiger partial charge in [-0.1, -0.05) is 45.2 Å². The molecule has 4 aromatic rings. The van der Waals surface area contributed by atoms with E-state index in [0.29, 0.717) is 32.3 Å². The molecule has 0 unspecified atom stereocenters. The summed E-state index contributed by atoms with van der Waals surface area (Å²) in [5, 5.41) is 6.94. The van der Waals surface area contributed by atoms with Crippen LogP contribution >= 0.6 is 39.1 Å². The first-order chi connectivity index (χ1) is 16.2. The van der Waals surface area contributed by atoms with Crippen LogP contribution in [0.1, 0.15) is 16.1 Å². The zero-order valence-electron chi connectivity index (χ0n) is 17.7. The molecule has 0 aliphatic rings. The van der Waals surface area contributed by atoms with Crippen LogP contribution in [0, 0.1) is 6.92 Å². The summed E-state index contributed by atoms with van der Waals surface area (Å²) in [6, 6.07) is 18.4. The van der Waals surface area contributed by atoms with E-state index in [-0.39, 0.29) is 5.69 Å². The first kappa shape index (κ1) is 23.8. The molecule has 0 fully saturated rings. The van der Waals surface area contributed by atoms with Crippen LogP contribution in [0.3, 0.4) is 0 Å².